The molecule has 23 heavy (non-hydrogen) atoms. The maximum atomic E-state index is 2.39. The highest BCUT2D eigenvalue weighted by Crippen LogP contribution is 2.46. The van der Waals surface area contributed by atoms with E-state index in [0.717, 1.165) is 0 Å². The summed E-state index contributed by atoms with van der Waals surface area (Å²) in [5.74, 6) is 0. The van der Waals surface area contributed by atoms with Gasteiger partial charge in [-0.05, 0) is 68.9 Å². The Kier molecular flexibility index (Phi) is 3.79. The van der Waals surface area contributed by atoms with E-state index in [0.29, 0.717) is 0 Å². The first-order valence-electron chi connectivity index (χ1n) is 7.88. The van der Waals surface area contributed by atoms with E-state index in [9.17, 15) is 0 Å². The first-order chi connectivity index (χ1) is 11.1. The Morgan fingerprint density at radius 3 is 1.61 bits per heavy atom. The maximum absolute atomic E-state index is 2.39. The molecule has 3 aromatic rings. The molecule has 2 heteroatoms. The average molecular weight is 334 g/mol. The Labute approximate surface area is 143 Å². The highest BCUT2D eigenvalue weighted by Gasteiger charge is 2.27. The van der Waals surface area contributed by atoms with E-state index in [2.05, 4.69) is 81.4 Å². The maximum Gasteiger partial charge on any atom is 0.0206 e. The van der Waals surface area contributed by atoms with E-state index < -0.39 is 7.92 Å². The molecule has 1 aliphatic heterocycles. The van der Waals surface area contributed by atoms with Crippen LogP contribution in [0.2, 0.25) is 0 Å². The predicted octanol–water partition coefficient (Wildman–Crippen LogP) is 4.83. The SMILES string of the molecule is Cc1ccc(P2c3cc(C)ccc3Sc3ccc(C)cc32)cc1. The van der Waals surface area contributed by atoms with Gasteiger partial charge in [0.05, 0.1) is 0 Å². The van der Waals surface area contributed by atoms with E-state index in [4.69, 9.17) is 0 Å². The summed E-state index contributed by atoms with van der Waals surface area (Å²) < 4.78 is 0. The topological polar surface area (TPSA) is 0 Å². The van der Waals surface area contributed by atoms with Crippen LogP contribution in [-0.4, -0.2) is 0 Å². The van der Waals surface area contributed by atoms with Gasteiger partial charge in [-0.25, -0.2) is 0 Å². The van der Waals surface area contributed by atoms with Gasteiger partial charge in [0.15, 0.2) is 0 Å². The van der Waals surface area contributed by atoms with Gasteiger partial charge >= 0.3 is 0 Å². The number of hydrogen-bond donors (Lipinski definition) is 0. The lowest BCUT2D eigenvalue weighted by Gasteiger charge is -2.29. The fraction of sp³-hybridized carbons (Fsp3) is 0.143. The number of fused-ring (bicyclic) bond motifs is 2. The monoisotopic (exact) mass is 334 g/mol. The third-order valence-electron chi connectivity index (χ3n) is 4.22. The van der Waals surface area contributed by atoms with Crippen molar-refractivity contribution < 1.29 is 0 Å². The summed E-state index contributed by atoms with van der Waals surface area (Å²) in [5, 5.41) is 4.46. The summed E-state index contributed by atoms with van der Waals surface area (Å²) in [6.07, 6.45) is 0. The molecule has 0 fully saturated rings. The highest BCUT2D eigenvalue weighted by atomic mass is 32.2. The van der Waals surface area contributed by atoms with Crippen LogP contribution in [0.4, 0.5) is 0 Å². The zero-order chi connectivity index (χ0) is 16.0. The zero-order valence-electron chi connectivity index (χ0n) is 13.6. The second-order valence-corrected chi connectivity index (χ2v) is 9.45. The molecule has 0 aromatic heterocycles. The molecule has 3 aromatic carbocycles. The van der Waals surface area contributed by atoms with Gasteiger partial charge in [0, 0.05) is 9.79 Å². The Morgan fingerprint density at radius 2 is 1.09 bits per heavy atom. The van der Waals surface area contributed by atoms with Gasteiger partial charge in [-0.2, -0.15) is 0 Å². The Morgan fingerprint density at radius 1 is 0.609 bits per heavy atom. The van der Waals surface area contributed by atoms with E-state index in [1.54, 1.807) is 0 Å². The third kappa shape index (κ3) is 2.73. The van der Waals surface area contributed by atoms with Crippen LogP contribution in [0.1, 0.15) is 16.7 Å². The number of benzene rings is 3. The normalized spacial score (nSPS) is 13.5. The Bertz CT molecular complexity index is 829. The Hall–Kier alpha value is -1.56. The van der Waals surface area contributed by atoms with Crippen molar-refractivity contribution in [1.82, 2.24) is 0 Å². The first-order valence-corrected chi connectivity index (χ1v) is 10.0. The summed E-state index contributed by atoms with van der Waals surface area (Å²) in [7, 11) is -0.464. The lowest BCUT2D eigenvalue weighted by Crippen LogP contribution is -2.27. The van der Waals surface area contributed by atoms with E-state index >= 15 is 0 Å². The minimum atomic E-state index is -0.464. The van der Waals surface area contributed by atoms with Crippen molar-refractivity contribution in [1.29, 1.82) is 0 Å². The number of rotatable bonds is 1. The molecule has 0 nitrogen and oxygen atoms in total. The smallest absolute Gasteiger partial charge is 0.0206 e. The molecule has 0 radical (unpaired) electrons. The van der Waals surface area contributed by atoms with Crippen LogP contribution in [-0.2, 0) is 0 Å². The molecule has 114 valence electrons. The summed E-state index contributed by atoms with van der Waals surface area (Å²) in [5.41, 5.74) is 4.02. The quantitative estimate of drug-likeness (QED) is 0.449. The van der Waals surface area contributed by atoms with Crippen molar-refractivity contribution >= 4 is 35.6 Å². The predicted molar refractivity (Wildman–Crippen MR) is 103 cm³/mol. The van der Waals surface area contributed by atoms with E-state index in [1.165, 1.54) is 42.4 Å². The second kappa shape index (κ2) is 5.82. The van der Waals surface area contributed by atoms with Crippen LogP contribution in [0, 0.1) is 20.8 Å². The lowest BCUT2D eigenvalue weighted by molar-refractivity contribution is 1.37. The van der Waals surface area contributed by atoms with Crippen molar-refractivity contribution in [2.45, 2.75) is 30.6 Å². The molecule has 0 saturated heterocycles. The number of hydrogen-bond acceptors (Lipinski definition) is 1. The molecule has 0 aliphatic carbocycles. The van der Waals surface area contributed by atoms with Crippen LogP contribution in [0.25, 0.3) is 0 Å². The standard InChI is InChI=1S/C21H19PS/c1-14-4-8-17(9-5-14)22-18-12-15(2)6-10-20(18)23-21-11-7-16(3)13-19(21)22/h4-13H,1-3H3. The minimum absolute atomic E-state index is 0.464. The van der Waals surface area contributed by atoms with Gasteiger partial charge in [0.1, 0.15) is 0 Å². The molecule has 1 heterocycles. The molecule has 0 saturated carbocycles. The first kappa shape index (κ1) is 15.0. The molecule has 0 bridgehead atoms. The third-order valence-corrected chi connectivity index (χ3v) is 8.20. The van der Waals surface area contributed by atoms with Crippen molar-refractivity contribution in [2.24, 2.45) is 0 Å². The average Bonchev–Trinajstić information content (AvgIpc) is 2.54. The molecule has 0 atom stereocenters. The van der Waals surface area contributed by atoms with Gasteiger partial charge in [-0.15, -0.1) is 0 Å². The number of aryl methyl sites for hydroxylation is 3. The molecular formula is C21H19PS. The molecule has 4 rings (SSSR count). The lowest BCUT2D eigenvalue weighted by atomic mass is 10.2. The molecule has 0 N–H and O–H groups in total. The van der Waals surface area contributed by atoms with Crippen LogP contribution >= 0.6 is 19.7 Å². The fourth-order valence-electron chi connectivity index (χ4n) is 3.00. The van der Waals surface area contributed by atoms with Gasteiger partial charge in [-0.1, -0.05) is 64.9 Å². The molecule has 0 amide bonds. The van der Waals surface area contributed by atoms with Crippen molar-refractivity contribution in [2.75, 3.05) is 0 Å². The molecule has 1 aliphatic rings. The second-order valence-electron chi connectivity index (χ2n) is 6.22. The molecule has 0 unspecified atom stereocenters. The summed E-state index contributed by atoms with van der Waals surface area (Å²) >= 11 is 1.92. The van der Waals surface area contributed by atoms with Crippen LogP contribution in [0.15, 0.2) is 70.5 Å². The molecule has 0 spiro atoms. The van der Waals surface area contributed by atoms with Gasteiger partial charge in [-0.3, -0.25) is 0 Å². The van der Waals surface area contributed by atoms with Gasteiger partial charge in [0.25, 0.3) is 0 Å². The largest absolute Gasteiger partial charge is 0.0887 e. The van der Waals surface area contributed by atoms with E-state index in [-0.39, 0.29) is 0 Å². The van der Waals surface area contributed by atoms with Crippen molar-refractivity contribution in [3.8, 4) is 0 Å². The van der Waals surface area contributed by atoms with Crippen LogP contribution in [0.5, 0.6) is 0 Å². The van der Waals surface area contributed by atoms with Crippen LogP contribution in [0.3, 0.4) is 0 Å². The highest BCUT2D eigenvalue weighted by molar-refractivity contribution is 8.02. The molecular weight excluding hydrogens is 315 g/mol. The Balaban J connectivity index is 1.97. The fourth-order valence-corrected chi connectivity index (χ4v) is 7.17. The van der Waals surface area contributed by atoms with E-state index in [1.807, 2.05) is 11.8 Å². The minimum Gasteiger partial charge on any atom is -0.0887 e. The van der Waals surface area contributed by atoms with Crippen molar-refractivity contribution in [3.05, 3.63) is 77.4 Å². The van der Waals surface area contributed by atoms with Gasteiger partial charge < -0.3 is 0 Å². The summed E-state index contributed by atoms with van der Waals surface area (Å²) in [4.78, 5) is 2.83. The van der Waals surface area contributed by atoms with Crippen LogP contribution < -0.4 is 15.9 Å². The summed E-state index contributed by atoms with van der Waals surface area (Å²) in [6.45, 7) is 6.54. The van der Waals surface area contributed by atoms with Gasteiger partial charge in [0.2, 0.25) is 0 Å². The summed E-state index contributed by atoms with van der Waals surface area (Å²) in [6, 6.07) is 22.9. The van der Waals surface area contributed by atoms with Crippen molar-refractivity contribution in [3.63, 3.8) is 0 Å². The zero-order valence-corrected chi connectivity index (χ0v) is 15.3.